The number of rotatable bonds is 7. The molecule has 0 aliphatic carbocycles. The first kappa shape index (κ1) is 19.3. The van der Waals surface area contributed by atoms with Crippen LogP contribution in [0.2, 0.25) is 5.02 Å². The van der Waals surface area contributed by atoms with Gasteiger partial charge in [-0.15, -0.1) is 11.3 Å². The van der Waals surface area contributed by atoms with Crippen molar-refractivity contribution in [1.29, 1.82) is 0 Å². The van der Waals surface area contributed by atoms with Gasteiger partial charge in [-0.2, -0.15) is 4.98 Å². The van der Waals surface area contributed by atoms with E-state index >= 15 is 0 Å². The number of aromatic nitrogens is 3. The molecule has 3 rings (SSSR count). The van der Waals surface area contributed by atoms with Crippen molar-refractivity contribution in [2.75, 3.05) is 13.1 Å². The van der Waals surface area contributed by atoms with Gasteiger partial charge in [-0.05, 0) is 26.0 Å². The number of guanidine groups is 1. The summed E-state index contributed by atoms with van der Waals surface area (Å²) < 4.78 is 5.29. The predicted molar refractivity (Wildman–Crippen MR) is 108 cm³/mol. The molecule has 2 aromatic heterocycles. The summed E-state index contributed by atoms with van der Waals surface area (Å²) in [5.41, 5.74) is 1.90. The Labute approximate surface area is 166 Å². The molecule has 2 heterocycles. The van der Waals surface area contributed by atoms with Crippen molar-refractivity contribution in [3.8, 4) is 11.4 Å². The number of benzene rings is 1. The molecule has 0 spiro atoms. The molecule has 3 aromatic rings. The van der Waals surface area contributed by atoms with E-state index in [1.54, 1.807) is 23.5 Å². The molecular weight excluding hydrogens is 384 g/mol. The van der Waals surface area contributed by atoms with Gasteiger partial charge in [0.15, 0.2) is 5.96 Å². The van der Waals surface area contributed by atoms with Crippen LogP contribution in [0.25, 0.3) is 11.4 Å². The van der Waals surface area contributed by atoms with Crippen LogP contribution in [-0.4, -0.2) is 34.2 Å². The third-order valence-electron chi connectivity index (χ3n) is 3.61. The van der Waals surface area contributed by atoms with Crippen molar-refractivity contribution in [1.82, 2.24) is 25.8 Å². The summed E-state index contributed by atoms with van der Waals surface area (Å²) >= 11 is 7.67. The van der Waals surface area contributed by atoms with E-state index in [-0.39, 0.29) is 0 Å². The third kappa shape index (κ3) is 5.77. The Morgan fingerprint density at radius 1 is 1.30 bits per heavy atom. The maximum Gasteiger partial charge on any atom is 0.248 e. The fourth-order valence-corrected chi connectivity index (χ4v) is 3.22. The van der Waals surface area contributed by atoms with Gasteiger partial charge in [0.1, 0.15) is 6.54 Å². The molecule has 1 aromatic carbocycles. The van der Waals surface area contributed by atoms with E-state index in [2.05, 4.69) is 36.1 Å². The molecule has 0 radical (unpaired) electrons. The fourth-order valence-electron chi connectivity index (χ4n) is 2.38. The fraction of sp³-hybridized carbons (Fsp3) is 0.333. The van der Waals surface area contributed by atoms with Crippen molar-refractivity contribution in [3.05, 3.63) is 51.3 Å². The SMILES string of the molecule is CCNC(=NCc1nc(-c2cccc(Cl)c2)no1)NCCc1csc(C)n1. The average Bonchev–Trinajstić information content (AvgIpc) is 3.29. The van der Waals surface area contributed by atoms with Crippen LogP contribution in [0.3, 0.4) is 0 Å². The van der Waals surface area contributed by atoms with Gasteiger partial charge in [0.25, 0.3) is 0 Å². The Bertz CT molecular complexity index is 907. The number of thiazole rings is 1. The Morgan fingerprint density at radius 2 is 2.19 bits per heavy atom. The first-order chi connectivity index (χ1) is 13.1. The normalized spacial score (nSPS) is 11.6. The van der Waals surface area contributed by atoms with Crippen LogP contribution in [0.15, 0.2) is 39.2 Å². The van der Waals surface area contributed by atoms with Crippen molar-refractivity contribution >= 4 is 28.9 Å². The quantitative estimate of drug-likeness (QED) is 0.463. The van der Waals surface area contributed by atoms with Crippen molar-refractivity contribution < 1.29 is 4.52 Å². The Kier molecular flexibility index (Phi) is 6.78. The van der Waals surface area contributed by atoms with Crippen LogP contribution in [-0.2, 0) is 13.0 Å². The minimum atomic E-state index is 0.290. The summed E-state index contributed by atoms with van der Waals surface area (Å²) in [6.45, 7) is 5.82. The predicted octanol–water partition coefficient (Wildman–Crippen LogP) is 3.45. The van der Waals surface area contributed by atoms with E-state index in [9.17, 15) is 0 Å². The van der Waals surface area contributed by atoms with Gasteiger partial charge in [-0.1, -0.05) is 28.9 Å². The highest BCUT2D eigenvalue weighted by Gasteiger charge is 2.09. The zero-order chi connectivity index (χ0) is 19.1. The molecule has 0 saturated carbocycles. The highest BCUT2D eigenvalue weighted by atomic mass is 35.5. The summed E-state index contributed by atoms with van der Waals surface area (Å²) in [6, 6.07) is 7.33. The highest BCUT2D eigenvalue weighted by Crippen LogP contribution is 2.20. The lowest BCUT2D eigenvalue weighted by Gasteiger charge is -2.09. The average molecular weight is 405 g/mol. The number of nitrogens with zero attached hydrogens (tertiary/aromatic N) is 4. The molecule has 0 amide bonds. The monoisotopic (exact) mass is 404 g/mol. The number of hydrogen-bond acceptors (Lipinski definition) is 6. The zero-order valence-corrected chi connectivity index (χ0v) is 16.8. The molecule has 7 nitrogen and oxygen atoms in total. The topological polar surface area (TPSA) is 88.2 Å². The Morgan fingerprint density at radius 3 is 2.93 bits per heavy atom. The number of nitrogens with one attached hydrogen (secondary N) is 2. The first-order valence-corrected chi connectivity index (χ1v) is 9.91. The van der Waals surface area contributed by atoms with E-state index < -0.39 is 0 Å². The zero-order valence-electron chi connectivity index (χ0n) is 15.2. The maximum absolute atomic E-state index is 6.00. The molecule has 9 heteroatoms. The second kappa shape index (κ2) is 9.48. The summed E-state index contributed by atoms with van der Waals surface area (Å²) in [7, 11) is 0. The van der Waals surface area contributed by atoms with E-state index in [1.165, 1.54) is 0 Å². The van der Waals surface area contributed by atoms with E-state index in [0.717, 1.165) is 35.8 Å². The number of hydrogen-bond donors (Lipinski definition) is 2. The molecule has 27 heavy (non-hydrogen) atoms. The molecule has 142 valence electrons. The summed E-state index contributed by atoms with van der Waals surface area (Å²) in [6.07, 6.45) is 0.841. The molecule has 0 atom stereocenters. The van der Waals surface area contributed by atoms with Crippen LogP contribution in [0, 0.1) is 6.92 Å². The molecule has 0 unspecified atom stereocenters. The minimum absolute atomic E-state index is 0.290. The second-order valence-electron chi connectivity index (χ2n) is 5.75. The van der Waals surface area contributed by atoms with Crippen LogP contribution in [0.5, 0.6) is 0 Å². The van der Waals surface area contributed by atoms with Gasteiger partial charge in [-0.3, -0.25) is 0 Å². The molecule has 0 aliphatic rings. The van der Waals surface area contributed by atoms with Gasteiger partial charge >= 0.3 is 0 Å². The summed E-state index contributed by atoms with van der Waals surface area (Å²) in [4.78, 5) is 13.3. The minimum Gasteiger partial charge on any atom is -0.357 e. The first-order valence-electron chi connectivity index (χ1n) is 8.65. The van der Waals surface area contributed by atoms with E-state index in [4.69, 9.17) is 16.1 Å². The van der Waals surface area contributed by atoms with Crippen molar-refractivity contribution in [3.63, 3.8) is 0 Å². The van der Waals surface area contributed by atoms with Crippen LogP contribution in [0.4, 0.5) is 0 Å². The highest BCUT2D eigenvalue weighted by molar-refractivity contribution is 7.09. The third-order valence-corrected chi connectivity index (χ3v) is 4.67. The lowest BCUT2D eigenvalue weighted by molar-refractivity contribution is 0.380. The van der Waals surface area contributed by atoms with Crippen molar-refractivity contribution in [2.45, 2.75) is 26.8 Å². The molecular formula is C18H21ClN6OS. The lowest BCUT2D eigenvalue weighted by Crippen LogP contribution is -2.38. The smallest absolute Gasteiger partial charge is 0.248 e. The second-order valence-corrected chi connectivity index (χ2v) is 7.25. The van der Waals surface area contributed by atoms with E-state index in [0.29, 0.717) is 29.2 Å². The van der Waals surface area contributed by atoms with Crippen LogP contribution in [0.1, 0.15) is 23.5 Å². The standard InChI is InChI=1S/C18H21ClN6OS/c1-3-20-18(21-8-7-15-11-27-12(2)23-15)22-10-16-24-17(25-26-16)13-5-4-6-14(19)9-13/h4-6,9,11H,3,7-8,10H2,1-2H3,(H2,20,21,22). The lowest BCUT2D eigenvalue weighted by atomic mass is 10.2. The van der Waals surface area contributed by atoms with Crippen LogP contribution < -0.4 is 10.6 Å². The van der Waals surface area contributed by atoms with E-state index in [1.807, 2.05) is 26.0 Å². The Balaban J connectivity index is 1.58. The summed E-state index contributed by atoms with van der Waals surface area (Å²) in [5.74, 6) is 1.64. The van der Waals surface area contributed by atoms with Gasteiger partial charge in [-0.25, -0.2) is 9.98 Å². The molecule has 2 N–H and O–H groups in total. The van der Waals surface area contributed by atoms with Crippen LogP contribution >= 0.6 is 22.9 Å². The Hall–Kier alpha value is -2.45. The maximum atomic E-state index is 6.00. The molecule has 0 bridgehead atoms. The van der Waals surface area contributed by atoms with Gasteiger partial charge in [0.2, 0.25) is 11.7 Å². The van der Waals surface area contributed by atoms with Gasteiger partial charge < -0.3 is 15.2 Å². The number of aryl methyl sites for hydroxylation is 1. The largest absolute Gasteiger partial charge is 0.357 e. The van der Waals surface area contributed by atoms with Gasteiger partial charge in [0, 0.05) is 35.5 Å². The number of aliphatic imine (C=N–C) groups is 1. The molecule has 0 saturated heterocycles. The molecule has 0 fully saturated rings. The molecule has 0 aliphatic heterocycles. The summed E-state index contributed by atoms with van der Waals surface area (Å²) in [5, 5.41) is 14.3. The van der Waals surface area contributed by atoms with Gasteiger partial charge in [0.05, 0.1) is 10.7 Å². The number of halogens is 1. The van der Waals surface area contributed by atoms with Crippen molar-refractivity contribution in [2.24, 2.45) is 4.99 Å².